The highest BCUT2D eigenvalue weighted by atomic mass is 19.1. The van der Waals surface area contributed by atoms with Gasteiger partial charge in [-0.1, -0.05) is 6.92 Å². The van der Waals surface area contributed by atoms with Crippen molar-refractivity contribution >= 4 is 5.69 Å². The number of benzene rings is 1. The van der Waals surface area contributed by atoms with Crippen molar-refractivity contribution in [2.24, 2.45) is 5.92 Å². The van der Waals surface area contributed by atoms with Crippen LogP contribution >= 0.6 is 0 Å². The van der Waals surface area contributed by atoms with Crippen LogP contribution in [-0.2, 0) is 6.54 Å². The summed E-state index contributed by atoms with van der Waals surface area (Å²) in [5.74, 6) is 0.709. The molecule has 1 aliphatic carbocycles. The van der Waals surface area contributed by atoms with Crippen molar-refractivity contribution in [2.45, 2.75) is 39.7 Å². The van der Waals surface area contributed by atoms with Crippen molar-refractivity contribution in [1.82, 2.24) is 5.32 Å². The SMILES string of the molecule is CCCNCc1cc(F)ccc1N(CC)CC1CC1. The summed E-state index contributed by atoms with van der Waals surface area (Å²) in [4.78, 5) is 2.39. The van der Waals surface area contributed by atoms with Crippen LogP contribution in [0.3, 0.4) is 0 Å². The van der Waals surface area contributed by atoms with E-state index in [9.17, 15) is 4.39 Å². The van der Waals surface area contributed by atoms with Crippen LogP contribution in [-0.4, -0.2) is 19.6 Å². The Balaban J connectivity index is 2.11. The summed E-state index contributed by atoms with van der Waals surface area (Å²) in [5, 5.41) is 3.37. The highest BCUT2D eigenvalue weighted by molar-refractivity contribution is 5.54. The quantitative estimate of drug-likeness (QED) is 0.722. The van der Waals surface area contributed by atoms with Gasteiger partial charge in [-0.3, -0.25) is 0 Å². The number of nitrogens with zero attached hydrogens (tertiary/aromatic N) is 1. The molecule has 0 aromatic heterocycles. The summed E-state index contributed by atoms with van der Waals surface area (Å²) in [6, 6.07) is 5.19. The molecule has 0 unspecified atom stereocenters. The second kappa shape index (κ2) is 6.90. The predicted molar refractivity (Wildman–Crippen MR) is 79.0 cm³/mol. The van der Waals surface area contributed by atoms with E-state index in [-0.39, 0.29) is 5.82 Å². The molecule has 1 aromatic rings. The molecule has 3 heteroatoms. The second-order valence-electron chi connectivity index (χ2n) is 5.43. The van der Waals surface area contributed by atoms with E-state index in [0.29, 0.717) is 0 Å². The largest absolute Gasteiger partial charge is 0.371 e. The van der Waals surface area contributed by atoms with Crippen LogP contribution in [0.15, 0.2) is 18.2 Å². The fraction of sp³-hybridized carbons (Fsp3) is 0.625. The molecular formula is C16H25FN2. The van der Waals surface area contributed by atoms with Crippen molar-refractivity contribution in [3.05, 3.63) is 29.6 Å². The molecule has 1 fully saturated rings. The Hall–Kier alpha value is -1.09. The maximum atomic E-state index is 13.5. The lowest BCUT2D eigenvalue weighted by molar-refractivity contribution is 0.617. The van der Waals surface area contributed by atoms with E-state index >= 15 is 0 Å². The first-order valence-corrected chi connectivity index (χ1v) is 7.48. The number of nitrogens with one attached hydrogen (secondary N) is 1. The minimum Gasteiger partial charge on any atom is -0.371 e. The maximum absolute atomic E-state index is 13.5. The first kappa shape index (κ1) is 14.3. The predicted octanol–water partition coefficient (Wildman–Crippen LogP) is 3.56. The molecule has 1 N–H and O–H groups in total. The van der Waals surface area contributed by atoms with E-state index < -0.39 is 0 Å². The lowest BCUT2D eigenvalue weighted by atomic mass is 10.1. The summed E-state index contributed by atoms with van der Waals surface area (Å²) in [6.45, 7) is 8.15. The van der Waals surface area contributed by atoms with E-state index in [4.69, 9.17) is 0 Å². The van der Waals surface area contributed by atoms with Gasteiger partial charge in [-0.2, -0.15) is 0 Å². The first-order chi connectivity index (χ1) is 9.24. The number of anilines is 1. The average molecular weight is 264 g/mol. The van der Waals surface area contributed by atoms with Gasteiger partial charge in [-0.15, -0.1) is 0 Å². The maximum Gasteiger partial charge on any atom is 0.123 e. The number of halogens is 1. The molecule has 1 saturated carbocycles. The van der Waals surface area contributed by atoms with Crippen LogP contribution in [0.25, 0.3) is 0 Å². The van der Waals surface area contributed by atoms with E-state index in [1.165, 1.54) is 18.5 Å². The zero-order chi connectivity index (χ0) is 13.7. The molecule has 19 heavy (non-hydrogen) atoms. The minimum absolute atomic E-state index is 0.139. The van der Waals surface area contributed by atoms with Gasteiger partial charge in [-0.25, -0.2) is 4.39 Å². The van der Waals surface area contributed by atoms with Gasteiger partial charge in [0.2, 0.25) is 0 Å². The Morgan fingerprint density at radius 2 is 2.11 bits per heavy atom. The fourth-order valence-corrected chi connectivity index (χ4v) is 2.41. The Morgan fingerprint density at radius 1 is 1.32 bits per heavy atom. The van der Waals surface area contributed by atoms with Gasteiger partial charge in [-0.05, 0) is 62.4 Å². The smallest absolute Gasteiger partial charge is 0.123 e. The van der Waals surface area contributed by atoms with Gasteiger partial charge >= 0.3 is 0 Å². The van der Waals surface area contributed by atoms with Crippen LogP contribution in [0.5, 0.6) is 0 Å². The zero-order valence-electron chi connectivity index (χ0n) is 12.1. The van der Waals surface area contributed by atoms with Gasteiger partial charge < -0.3 is 10.2 Å². The van der Waals surface area contributed by atoms with Crippen molar-refractivity contribution in [2.75, 3.05) is 24.5 Å². The highest BCUT2D eigenvalue weighted by Gasteiger charge is 2.24. The monoisotopic (exact) mass is 264 g/mol. The van der Waals surface area contributed by atoms with Gasteiger partial charge in [0.05, 0.1) is 0 Å². The molecule has 0 aliphatic heterocycles. The summed E-state index contributed by atoms with van der Waals surface area (Å²) in [5.41, 5.74) is 2.27. The Bertz CT molecular complexity index is 402. The Morgan fingerprint density at radius 3 is 2.74 bits per heavy atom. The fourth-order valence-electron chi connectivity index (χ4n) is 2.41. The first-order valence-electron chi connectivity index (χ1n) is 7.48. The topological polar surface area (TPSA) is 15.3 Å². The van der Waals surface area contributed by atoms with E-state index in [2.05, 4.69) is 24.1 Å². The van der Waals surface area contributed by atoms with Gasteiger partial charge in [0.15, 0.2) is 0 Å². The summed E-state index contributed by atoms with van der Waals surface area (Å²) in [6.07, 6.45) is 3.80. The van der Waals surface area contributed by atoms with Crippen LogP contribution in [0.4, 0.5) is 10.1 Å². The molecule has 0 bridgehead atoms. The molecule has 106 valence electrons. The standard InChI is InChI=1S/C16H25FN2/c1-3-9-18-11-14-10-15(17)7-8-16(14)19(4-2)12-13-5-6-13/h7-8,10,13,18H,3-6,9,11-12H2,1-2H3. The summed E-state index contributed by atoms with van der Waals surface area (Å²) in [7, 11) is 0. The lowest BCUT2D eigenvalue weighted by Gasteiger charge is -2.26. The molecule has 2 nitrogen and oxygen atoms in total. The van der Waals surface area contributed by atoms with Crippen molar-refractivity contribution in [3.8, 4) is 0 Å². The Kier molecular flexibility index (Phi) is 5.20. The van der Waals surface area contributed by atoms with Gasteiger partial charge in [0.25, 0.3) is 0 Å². The van der Waals surface area contributed by atoms with Crippen molar-refractivity contribution in [1.29, 1.82) is 0 Å². The molecule has 1 aromatic carbocycles. The second-order valence-corrected chi connectivity index (χ2v) is 5.43. The zero-order valence-corrected chi connectivity index (χ0v) is 12.1. The number of rotatable bonds is 8. The van der Waals surface area contributed by atoms with E-state index in [0.717, 1.165) is 44.1 Å². The molecule has 1 aliphatic rings. The molecular weight excluding hydrogens is 239 g/mol. The van der Waals surface area contributed by atoms with Crippen LogP contribution in [0.2, 0.25) is 0 Å². The van der Waals surface area contributed by atoms with E-state index in [1.807, 2.05) is 6.07 Å². The molecule has 0 heterocycles. The third kappa shape index (κ3) is 4.20. The molecule has 0 spiro atoms. The molecule has 0 radical (unpaired) electrons. The van der Waals surface area contributed by atoms with Gasteiger partial charge in [0.1, 0.15) is 5.82 Å². The lowest BCUT2D eigenvalue weighted by Crippen LogP contribution is -2.27. The number of hydrogen-bond donors (Lipinski definition) is 1. The summed E-state index contributed by atoms with van der Waals surface area (Å²) < 4.78 is 13.5. The van der Waals surface area contributed by atoms with Crippen molar-refractivity contribution < 1.29 is 4.39 Å². The normalized spacial score (nSPS) is 14.7. The van der Waals surface area contributed by atoms with E-state index in [1.54, 1.807) is 12.1 Å². The average Bonchev–Trinajstić information content (AvgIpc) is 3.21. The molecule has 0 atom stereocenters. The van der Waals surface area contributed by atoms with Gasteiger partial charge in [0, 0.05) is 25.3 Å². The summed E-state index contributed by atoms with van der Waals surface area (Å²) >= 11 is 0. The molecule has 0 saturated heterocycles. The Labute approximate surface area is 116 Å². The minimum atomic E-state index is -0.139. The third-order valence-electron chi connectivity index (χ3n) is 3.68. The molecule has 0 amide bonds. The van der Waals surface area contributed by atoms with Crippen LogP contribution in [0.1, 0.15) is 38.7 Å². The number of hydrogen-bond acceptors (Lipinski definition) is 2. The van der Waals surface area contributed by atoms with Crippen LogP contribution in [0, 0.1) is 11.7 Å². The highest BCUT2D eigenvalue weighted by Crippen LogP contribution is 2.32. The molecule has 2 rings (SSSR count). The van der Waals surface area contributed by atoms with Crippen LogP contribution < -0.4 is 10.2 Å². The third-order valence-corrected chi connectivity index (χ3v) is 3.68. The van der Waals surface area contributed by atoms with Crippen molar-refractivity contribution in [3.63, 3.8) is 0 Å².